The fourth-order valence-corrected chi connectivity index (χ4v) is 2.61. The Bertz CT molecular complexity index is 840. The highest BCUT2D eigenvalue weighted by molar-refractivity contribution is 7.80. The zero-order chi connectivity index (χ0) is 21.1. The summed E-state index contributed by atoms with van der Waals surface area (Å²) in [5, 5.41) is 8.40. The molecule has 0 bridgehead atoms. The molecular weight excluding hydrogens is 390 g/mol. The fraction of sp³-hybridized carbons (Fsp3) is 0.286. The molecule has 2 amide bonds. The van der Waals surface area contributed by atoms with Gasteiger partial charge in [0.05, 0.1) is 6.61 Å². The Kier molecular flexibility index (Phi) is 9.07. The second-order valence-electron chi connectivity index (χ2n) is 5.92. The number of nitrogens with one attached hydrogen (secondary N) is 3. The molecule has 0 saturated heterocycles. The third-order valence-corrected chi connectivity index (χ3v) is 3.97. The van der Waals surface area contributed by atoms with Crippen molar-refractivity contribution in [1.82, 2.24) is 10.6 Å². The lowest BCUT2D eigenvalue weighted by molar-refractivity contribution is 0.0953. The van der Waals surface area contributed by atoms with Gasteiger partial charge < -0.3 is 20.1 Å². The van der Waals surface area contributed by atoms with Crippen LogP contribution in [0, 0.1) is 0 Å². The second kappa shape index (κ2) is 11.8. The number of anilines is 1. The van der Waals surface area contributed by atoms with Crippen LogP contribution >= 0.6 is 12.2 Å². The van der Waals surface area contributed by atoms with Crippen molar-refractivity contribution >= 4 is 34.8 Å². The Balaban J connectivity index is 1.88. The first-order valence-electron chi connectivity index (χ1n) is 9.34. The van der Waals surface area contributed by atoms with Crippen LogP contribution in [0.4, 0.5) is 5.69 Å². The maximum absolute atomic E-state index is 12.4. The smallest absolute Gasteiger partial charge is 0.257 e. The number of rotatable bonds is 9. The summed E-state index contributed by atoms with van der Waals surface area (Å²) in [6.07, 6.45) is 0. The van der Waals surface area contributed by atoms with Crippen LogP contribution in [0.1, 0.15) is 34.6 Å². The summed E-state index contributed by atoms with van der Waals surface area (Å²) in [6, 6.07) is 13.6. The number of hydrogen-bond acceptors (Lipinski definition) is 5. The van der Waals surface area contributed by atoms with E-state index in [-0.39, 0.29) is 16.9 Å². The maximum Gasteiger partial charge on any atom is 0.257 e. The van der Waals surface area contributed by atoms with Gasteiger partial charge >= 0.3 is 0 Å². The van der Waals surface area contributed by atoms with Crippen LogP contribution in [0.15, 0.2) is 48.5 Å². The number of carbonyl (C=O) groups excluding carboxylic acids is 2. The Morgan fingerprint density at radius 2 is 1.72 bits per heavy atom. The van der Waals surface area contributed by atoms with Crippen molar-refractivity contribution in [3.05, 3.63) is 59.7 Å². The standard InChI is InChI=1S/C21H25N3O4S/c1-3-22-19(25)16-6-5-7-17(14-16)23-21(29)24-20(26)15-8-10-18(11-9-15)28-13-12-27-4-2/h5-11,14H,3-4,12-13H2,1-2H3,(H,22,25)(H2,23,24,26,29). The van der Waals surface area contributed by atoms with Crippen LogP contribution < -0.4 is 20.7 Å². The van der Waals surface area contributed by atoms with Gasteiger partial charge in [-0.05, 0) is 68.5 Å². The van der Waals surface area contributed by atoms with Crippen molar-refractivity contribution in [1.29, 1.82) is 0 Å². The van der Waals surface area contributed by atoms with Crippen LogP contribution in [0.25, 0.3) is 0 Å². The number of amides is 2. The first kappa shape index (κ1) is 22.3. The highest BCUT2D eigenvalue weighted by Crippen LogP contribution is 2.13. The minimum atomic E-state index is -0.344. The molecule has 0 unspecified atom stereocenters. The molecule has 2 aromatic rings. The van der Waals surface area contributed by atoms with E-state index in [0.717, 1.165) is 0 Å². The minimum Gasteiger partial charge on any atom is -0.491 e. The van der Waals surface area contributed by atoms with Crippen LogP contribution in [0.5, 0.6) is 5.75 Å². The van der Waals surface area contributed by atoms with Gasteiger partial charge in [0.1, 0.15) is 12.4 Å². The number of ether oxygens (including phenoxy) is 2. The van der Waals surface area contributed by atoms with E-state index in [1.165, 1.54) is 0 Å². The number of hydrogen-bond donors (Lipinski definition) is 3. The van der Waals surface area contributed by atoms with Crippen molar-refractivity contribution < 1.29 is 19.1 Å². The molecular formula is C21H25N3O4S. The van der Waals surface area contributed by atoms with E-state index in [2.05, 4.69) is 16.0 Å². The third-order valence-electron chi connectivity index (χ3n) is 3.76. The van der Waals surface area contributed by atoms with Gasteiger partial charge in [-0.15, -0.1) is 0 Å². The molecule has 0 aliphatic heterocycles. The average Bonchev–Trinajstić information content (AvgIpc) is 2.72. The quantitative estimate of drug-likeness (QED) is 0.431. The van der Waals surface area contributed by atoms with Crippen molar-refractivity contribution in [2.24, 2.45) is 0 Å². The van der Waals surface area contributed by atoms with Crippen LogP contribution in [-0.2, 0) is 4.74 Å². The van der Waals surface area contributed by atoms with E-state index >= 15 is 0 Å². The van der Waals surface area contributed by atoms with Gasteiger partial charge in [0.25, 0.3) is 11.8 Å². The lowest BCUT2D eigenvalue weighted by Gasteiger charge is -2.11. The Labute approximate surface area is 175 Å². The van der Waals surface area contributed by atoms with Gasteiger partial charge in [0, 0.05) is 30.0 Å². The fourth-order valence-electron chi connectivity index (χ4n) is 2.40. The zero-order valence-electron chi connectivity index (χ0n) is 16.5. The first-order chi connectivity index (χ1) is 14.0. The molecule has 0 aliphatic carbocycles. The predicted octanol–water partition coefficient (Wildman–Crippen LogP) is 2.98. The summed E-state index contributed by atoms with van der Waals surface area (Å²) in [4.78, 5) is 24.3. The number of carbonyl (C=O) groups is 2. The minimum absolute atomic E-state index is 0.139. The summed E-state index contributed by atoms with van der Waals surface area (Å²) >= 11 is 5.20. The summed E-state index contributed by atoms with van der Waals surface area (Å²) in [5.74, 6) is 0.141. The Morgan fingerprint density at radius 3 is 2.41 bits per heavy atom. The van der Waals surface area contributed by atoms with E-state index < -0.39 is 0 Å². The van der Waals surface area contributed by atoms with Gasteiger partial charge in [-0.25, -0.2) is 0 Å². The van der Waals surface area contributed by atoms with E-state index in [4.69, 9.17) is 21.7 Å². The molecule has 0 spiro atoms. The molecule has 0 radical (unpaired) electrons. The van der Waals surface area contributed by atoms with Gasteiger partial charge in [-0.2, -0.15) is 0 Å². The predicted molar refractivity (Wildman–Crippen MR) is 117 cm³/mol. The molecule has 0 aromatic heterocycles. The zero-order valence-corrected chi connectivity index (χ0v) is 17.3. The highest BCUT2D eigenvalue weighted by Gasteiger charge is 2.10. The van der Waals surface area contributed by atoms with Gasteiger partial charge in [-0.3, -0.25) is 14.9 Å². The molecule has 0 aliphatic rings. The molecule has 2 aromatic carbocycles. The first-order valence-corrected chi connectivity index (χ1v) is 9.75. The normalized spacial score (nSPS) is 10.1. The van der Waals surface area contributed by atoms with Gasteiger partial charge in [0.2, 0.25) is 0 Å². The number of benzene rings is 2. The molecule has 2 rings (SSSR count). The van der Waals surface area contributed by atoms with Crippen LogP contribution in [-0.4, -0.2) is 43.3 Å². The maximum atomic E-state index is 12.4. The van der Waals surface area contributed by atoms with Gasteiger partial charge in [0.15, 0.2) is 5.11 Å². The Morgan fingerprint density at radius 1 is 0.966 bits per heavy atom. The Hall–Kier alpha value is -2.97. The van der Waals surface area contributed by atoms with Crippen LogP contribution in [0.3, 0.4) is 0 Å². The van der Waals surface area contributed by atoms with Crippen molar-refractivity contribution in [2.45, 2.75) is 13.8 Å². The highest BCUT2D eigenvalue weighted by atomic mass is 32.1. The molecule has 0 heterocycles. The summed E-state index contributed by atoms with van der Waals surface area (Å²) in [6.45, 7) is 5.92. The van der Waals surface area contributed by atoms with Crippen molar-refractivity contribution in [3.8, 4) is 5.75 Å². The summed E-state index contributed by atoms with van der Waals surface area (Å²) < 4.78 is 10.7. The summed E-state index contributed by atoms with van der Waals surface area (Å²) in [7, 11) is 0. The molecule has 154 valence electrons. The monoisotopic (exact) mass is 415 g/mol. The topological polar surface area (TPSA) is 88.7 Å². The van der Waals surface area contributed by atoms with E-state index in [9.17, 15) is 9.59 Å². The van der Waals surface area contributed by atoms with Crippen molar-refractivity contribution in [3.63, 3.8) is 0 Å². The SMILES string of the molecule is CCNC(=O)c1cccc(NC(=S)NC(=O)c2ccc(OCCOCC)cc2)c1. The third kappa shape index (κ3) is 7.52. The molecule has 29 heavy (non-hydrogen) atoms. The number of thiocarbonyl (C=S) groups is 1. The molecule has 0 atom stereocenters. The van der Waals surface area contributed by atoms with Crippen molar-refractivity contribution in [2.75, 3.05) is 31.7 Å². The molecule has 8 heteroatoms. The largest absolute Gasteiger partial charge is 0.491 e. The summed E-state index contributed by atoms with van der Waals surface area (Å²) in [5.41, 5.74) is 1.56. The molecule has 3 N–H and O–H groups in total. The average molecular weight is 416 g/mol. The molecule has 0 saturated carbocycles. The lowest BCUT2D eigenvalue weighted by Crippen LogP contribution is -2.34. The second-order valence-corrected chi connectivity index (χ2v) is 6.33. The van der Waals surface area contributed by atoms with Crippen LogP contribution in [0.2, 0.25) is 0 Å². The molecule has 0 fully saturated rings. The van der Waals surface area contributed by atoms with E-state index in [0.29, 0.717) is 48.9 Å². The van der Waals surface area contributed by atoms with E-state index in [1.807, 2.05) is 13.8 Å². The van der Waals surface area contributed by atoms with E-state index in [1.54, 1.807) is 48.5 Å². The van der Waals surface area contributed by atoms with Gasteiger partial charge in [-0.1, -0.05) is 6.07 Å². The molecule has 7 nitrogen and oxygen atoms in total. The lowest BCUT2D eigenvalue weighted by atomic mass is 10.2.